The molecule has 0 saturated heterocycles. The van der Waals surface area contributed by atoms with Gasteiger partial charge in [-0.2, -0.15) is 0 Å². The SMILES string of the molecule is CC(C)c1ccc(NC(=O)c2ccc(NCc3ccccc3)nn2)cc1. The fraction of sp³-hybridized carbons (Fsp3) is 0.190. The van der Waals surface area contributed by atoms with Gasteiger partial charge < -0.3 is 10.6 Å². The molecular formula is C21H22N4O. The summed E-state index contributed by atoms with van der Waals surface area (Å²) in [5.74, 6) is 0.817. The third-order valence-electron chi connectivity index (χ3n) is 4.05. The summed E-state index contributed by atoms with van der Waals surface area (Å²) in [6.07, 6.45) is 0. The molecule has 0 aliphatic heterocycles. The average Bonchev–Trinajstić information content (AvgIpc) is 2.68. The van der Waals surface area contributed by atoms with E-state index in [2.05, 4.69) is 34.7 Å². The topological polar surface area (TPSA) is 66.9 Å². The van der Waals surface area contributed by atoms with Crippen LogP contribution >= 0.6 is 0 Å². The van der Waals surface area contributed by atoms with Crippen LogP contribution in [-0.4, -0.2) is 16.1 Å². The Balaban J connectivity index is 1.58. The van der Waals surface area contributed by atoms with Crippen LogP contribution < -0.4 is 10.6 Å². The van der Waals surface area contributed by atoms with E-state index in [1.807, 2.05) is 54.6 Å². The Labute approximate surface area is 153 Å². The number of amides is 1. The molecule has 0 saturated carbocycles. The Morgan fingerprint density at radius 3 is 2.27 bits per heavy atom. The molecule has 0 bridgehead atoms. The minimum atomic E-state index is -0.274. The monoisotopic (exact) mass is 346 g/mol. The molecule has 0 spiro atoms. The van der Waals surface area contributed by atoms with Gasteiger partial charge in [0.05, 0.1) is 0 Å². The van der Waals surface area contributed by atoms with Crippen molar-refractivity contribution in [2.24, 2.45) is 0 Å². The summed E-state index contributed by atoms with van der Waals surface area (Å²) in [5.41, 5.74) is 3.41. The molecule has 0 atom stereocenters. The lowest BCUT2D eigenvalue weighted by molar-refractivity contribution is 0.102. The zero-order chi connectivity index (χ0) is 18.4. The number of hydrogen-bond acceptors (Lipinski definition) is 4. The maximum atomic E-state index is 12.3. The molecule has 0 aliphatic carbocycles. The largest absolute Gasteiger partial charge is 0.365 e. The number of hydrogen-bond donors (Lipinski definition) is 2. The summed E-state index contributed by atoms with van der Waals surface area (Å²) in [4.78, 5) is 12.3. The second-order valence-electron chi connectivity index (χ2n) is 6.37. The van der Waals surface area contributed by atoms with Gasteiger partial charge in [-0.25, -0.2) is 0 Å². The molecule has 1 aromatic heterocycles. The lowest BCUT2D eigenvalue weighted by Gasteiger charge is -2.08. The summed E-state index contributed by atoms with van der Waals surface area (Å²) in [7, 11) is 0. The number of carbonyl (C=O) groups is 1. The maximum Gasteiger partial charge on any atom is 0.276 e. The first-order valence-corrected chi connectivity index (χ1v) is 8.64. The van der Waals surface area contributed by atoms with Crippen molar-refractivity contribution in [1.29, 1.82) is 0 Å². The van der Waals surface area contributed by atoms with Gasteiger partial charge in [-0.3, -0.25) is 4.79 Å². The Hall–Kier alpha value is -3.21. The van der Waals surface area contributed by atoms with Gasteiger partial charge in [0.2, 0.25) is 0 Å². The molecule has 3 aromatic rings. The van der Waals surface area contributed by atoms with E-state index in [1.54, 1.807) is 12.1 Å². The minimum absolute atomic E-state index is 0.274. The number of anilines is 2. The van der Waals surface area contributed by atoms with Crippen molar-refractivity contribution in [3.05, 3.63) is 83.6 Å². The van der Waals surface area contributed by atoms with E-state index < -0.39 is 0 Å². The molecule has 132 valence electrons. The third-order valence-corrected chi connectivity index (χ3v) is 4.05. The van der Waals surface area contributed by atoms with Crippen LogP contribution in [0.4, 0.5) is 11.5 Å². The molecule has 0 aliphatic rings. The summed E-state index contributed by atoms with van der Waals surface area (Å²) in [5, 5.41) is 14.1. The van der Waals surface area contributed by atoms with Crippen molar-refractivity contribution in [1.82, 2.24) is 10.2 Å². The van der Waals surface area contributed by atoms with Crippen molar-refractivity contribution in [2.45, 2.75) is 26.3 Å². The van der Waals surface area contributed by atoms with Gasteiger partial charge in [0.1, 0.15) is 5.82 Å². The van der Waals surface area contributed by atoms with E-state index >= 15 is 0 Å². The van der Waals surface area contributed by atoms with E-state index in [0.29, 0.717) is 18.3 Å². The normalized spacial score (nSPS) is 10.6. The summed E-state index contributed by atoms with van der Waals surface area (Å²) >= 11 is 0. The molecule has 2 N–H and O–H groups in total. The zero-order valence-electron chi connectivity index (χ0n) is 14.9. The average molecular weight is 346 g/mol. The third kappa shape index (κ3) is 4.66. The number of aromatic nitrogens is 2. The van der Waals surface area contributed by atoms with Crippen LogP contribution in [0.1, 0.15) is 41.4 Å². The summed E-state index contributed by atoms with van der Waals surface area (Å²) in [6, 6.07) is 21.3. The molecule has 0 radical (unpaired) electrons. The highest BCUT2D eigenvalue weighted by Crippen LogP contribution is 2.17. The number of carbonyl (C=O) groups excluding carboxylic acids is 1. The van der Waals surface area contributed by atoms with Crippen LogP contribution in [0, 0.1) is 0 Å². The van der Waals surface area contributed by atoms with Crippen LogP contribution in [0.2, 0.25) is 0 Å². The van der Waals surface area contributed by atoms with Crippen LogP contribution in [-0.2, 0) is 6.54 Å². The predicted molar refractivity (Wildman–Crippen MR) is 104 cm³/mol. The highest BCUT2D eigenvalue weighted by molar-refractivity contribution is 6.02. The van der Waals surface area contributed by atoms with Gasteiger partial charge in [0.15, 0.2) is 5.69 Å². The first kappa shape index (κ1) is 17.6. The predicted octanol–water partition coefficient (Wildman–Crippen LogP) is 4.46. The first-order valence-electron chi connectivity index (χ1n) is 8.64. The van der Waals surface area contributed by atoms with E-state index in [9.17, 15) is 4.79 Å². The second kappa shape index (κ2) is 8.25. The van der Waals surface area contributed by atoms with Gasteiger partial charge in [0.25, 0.3) is 5.91 Å². The van der Waals surface area contributed by atoms with Crippen molar-refractivity contribution in [3.8, 4) is 0 Å². The molecule has 1 amide bonds. The quantitative estimate of drug-likeness (QED) is 0.691. The van der Waals surface area contributed by atoms with Gasteiger partial charge in [0, 0.05) is 12.2 Å². The number of nitrogens with zero attached hydrogens (tertiary/aromatic N) is 2. The molecule has 1 heterocycles. The lowest BCUT2D eigenvalue weighted by Crippen LogP contribution is -2.15. The van der Waals surface area contributed by atoms with Crippen molar-refractivity contribution < 1.29 is 4.79 Å². The van der Waals surface area contributed by atoms with Crippen LogP contribution in [0.5, 0.6) is 0 Å². The molecule has 5 nitrogen and oxygen atoms in total. The molecule has 5 heteroatoms. The van der Waals surface area contributed by atoms with Crippen molar-refractivity contribution in [2.75, 3.05) is 10.6 Å². The van der Waals surface area contributed by atoms with Crippen LogP contribution in [0.25, 0.3) is 0 Å². The van der Waals surface area contributed by atoms with Crippen molar-refractivity contribution >= 4 is 17.4 Å². The van der Waals surface area contributed by atoms with Crippen molar-refractivity contribution in [3.63, 3.8) is 0 Å². The highest BCUT2D eigenvalue weighted by atomic mass is 16.1. The summed E-state index contributed by atoms with van der Waals surface area (Å²) < 4.78 is 0. The van der Waals surface area contributed by atoms with Crippen LogP contribution in [0.3, 0.4) is 0 Å². The number of nitrogens with one attached hydrogen (secondary N) is 2. The standard InChI is InChI=1S/C21H22N4O/c1-15(2)17-8-10-18(11-9-17)23-21(26)19-12-13-20(25-24-19)22-14-16-6-4-3-5-7-16/h3-13,15H,14H2,1-2H3,(H,22,25)(H,23,26). The molecule has 3 rings (SSSR count). The molecule has 0 fully saturated rings. The van der Waals surface area contributed by atoms with Gasteiger partial charge in [-0.15, -0.1) is 10.2 Å². The molecule has 26 heavy (non-hydrogen) atoms. The van der Waals surface area contributed by atoms with E-state index in [0.717, 1.165) is 11.3 Å². The Bertz CT molecular complexity index is 843. The zero-order valence-corrected chi connectivity index (χ0v) is 14.9. The molecule has 0 unspecified atom stereocenters. The Morgan fingerprint density at radius 1 is 0.923 bits per heavy atom. The number of benzene rings is 2. The summed E-state index contributed by atoms with van der Waals surface area (Å²) in [6.45, 7) is 4.93. The molecular weight excluding hydrogens is 324 g/mol. The molecule has 2 aromatic carbocycles. The second-order valence-corrected chi connectivity index (χ2v) is 6.37. The van der Waals surface area contributed by atoms with E-state index in [-0.39, 0.29) is 11.6 Å². The Morgan fingerprint density at radius 2 is 1.65 bits per heavy atom. The van der Waals surface area contributed by atoms with Gasteiger partial charge in [-0.1, -0.05) is 56.3 Å². The van der Waals surface area contributed by atoms with E-state index in [4.69, 9.17) is 0 Å². The smallest absolute Gasteiger partial charge is 0.276 e. The number of rotatable bonds is 6. The fourth-order valence-corrected chi connectivity index (χ4v) is 2.48. The highest BCUT2D eigenvalue weighted by Gasteiger charge is 2.09. The van der Waals surface area contributed by atoms with Gasteiger partial charge in [-0.05, 0) is 41.3 Å². The Kier molecular flexibility index (Phi) is 5.59. The maximum absolute atomic E-state index is 12.3. The van der Waals surface area contributed by atoms with Gasteiger partial charge >= 0.3 is 0 Å². The lowest BCUT2D eigenvalue weighted by atomic mass is 10.0. The minimum Gasteiger partial charge on any atom is -0.365 e. The van der Waals surface area contributed by atoms with Crippen LogP contribution in [0.15, 0.2) is 66.7 Å². The van der Waals surface area contributed by atoms with E-state index in [1.165, 1.54) is 5.56 Å². The fourth-order valence-electron chi connectivity index (χ4n) is 2.48. The first-order chi connectivity index (χ1) is 12.6.